The Morgan fingerprint density at radius 3 is 2.59 bits per heavy atom. The summed E-state index contributed by atoms with van der Waals surface area (Å²) in [6, 6.07) is 0. The molecule has 5 aliphatic rings. The zero-order chi connectivity index (χ0) is 22.7. The second kappa shape index (κ2) is 7.70. The Bertz CT molecular complexity index is 843. The lowest BCUT2D eigenvalue weighted by atomic mass is 9.43. The number of rotatable bonds is 7. The van der Waals surface area contributed by atoms with Gasteiger partial charge in [-0.2, -0.15) is 0 Å². The highest BCUT2D eigenvalue weighted by Crippen LogP contribution is 2.82. The first-order valence-corrected chi connectivity index (χ1v) is 12.9. The highest BCUT2D eigenvalue weighted by atomic mass is 16.6. The van der Waals surface area contributed by atoms with Crippen molar-refractivity contribution in [1.82, 2.24) is 0 Å². The molecule has 5 rings (SSSR count). The van der Waals surface area contributed by atoms with Crippen molar-refractivity contribution in [2.75, 3.05) is 6.61 Å². The molecule has 0 aromatic rings. The lowest BCUT2D eigenvalue weighted by Crippen LogP contribution is -2.63. The van der Waals surface area contributed by atoms with Gasteiger partial charge in [0, 0.05) is 5.41 Å². The van der Waals surface area contributed by atoms with Gasteiger partial charge < -0.3 is 14.7 Å². The number of carboxylic acids is 1. The van der Waals surface area contributed by atoms with Crippen LogP contribution < -0.4 is 0 Å². The minimum atomic E-state index is -1.19. The van der Waals surface area contributed by atoms with Gasteiger partial charge in [-0.05, 0) is 67.6 Å². The average molecular weight is 442 g/mol. The topological polar surface area (TPSA) is 76.0 Å². The summed E-state index contributed by atoms with van der Waals surface area (Å²) < 4.78 is 0. The quantitative estimate of drug-likeness (QED) is 0.245. The Morgan fingerprint density at radius 2 is 1.94 bits per heavy atom. The fraction of sp³-hybridized carbons (Fsp3) is 0.815. The molecule has 0 unspecified atom stereocenters. The third kappa shape index (κ3) is 2.60. The molecule has 0 saturated heterocycles. The second-order valence-electron chi connectivity index (χ2n) is 11.9. The van der Waals surface area contributed by atoms with Gasteiger partial charge in [-0.25, -0.2) is 0 Å². The second-order valence-corrected chi connectivity index (χ2v) is 11.9. The maximum Gasteiger partial charge on any atom is 0.315 e. The van der Waals surface area contributed by atoms with E-state index in [-0.39, 0.29) is 17.8 Å². The van der Waals surface area contributed by atoms with E-state index in [4.69, 9.17) is 4.84 Å². The van der Waals surface area contributed by atoms with Crippen LogP contribution in [0.1, 0.15) is 78.6 Å². The highest BCUT2D eigenvalue weighted by molar-refractivity contribution is 5.96. The third-order valence-corrected chi connectivity index (χ3v) is 10.4. The summed E-state index contributed by atoms with van der Waals surface area (Å²) in [7, 11) is 0. The van der Waals surface area contributed by atoms with Crippen LogP contribution in [0.4, 0.5) is 0 Å². The lowest BCUT2D eigenvalue weighted by molar-refractivity contribution is -0.173. The van der Waals surface area contributed by atoms with E-state index in [9.17, 15) is 14.7 Å². The molecule has 32 heavy (non-hydrogen) atoms. The summed E-state index contributed by atoms with van der Waals surface area (Å²) in [4.78, 5) is 32.1. The SMILES string of the molecule is CC(C)C1=C[C@H]2C[C@]3(C=O)[C@@H]4CC[C@@H](C)[C@H]4C[C@@]2(/C=N/OCC2CCCCC2)[C@]13C(=O)O. The molecule has 0 aromatic carbocycles. The molecule has 7 atom stereocenters. The van der Waals surface area contributed by atoms with Gasteiger partial charge >= 0.3 is 5.97 Å². The van der Waals surface area contributed by atoms with Crippen LogP contribution in [0.3, 0.4) is 0 Å². The lowest BCUT2D eigenvalue weighted by Gasteiger charge is -2.57. The zero-order valence-electron chi connectivity index (χ0n) is 19.9. The first-order valence-electron chi connectivity index (χ1n) is 12.9. The van der Waals surface area contributed by atoms with Gasteiger partial charge in [0.15, 0.2) is 0 Å². The van der Waals surface area contributed by atoms with E-state index >= 15 is 0 Å². The molecule has 4 fully saturated rings. The predicted molar refractivity (Wildman–Crippen MR) is 123 cm³/mol. The summed E-state index contributed by atoms with van der Waals surface area (Å²) in [6.07, 6.45) is 14.8. The monoisotopic (exact) mass is 441 g/mol. The van der Waals surface area contributed by atoms with E-state index in [1.54, 1.807) is 0 Å². The van der Waals surface area contributed by atoms with Gasteiger partial charge in [0.1, 0.15) is 18.3 Å². The van der Waals surface area contributed by atoms with Crippen molar-refractivity contribution in [1.29, 1.82) is 0 Å². The highest BCUT2D eigenvalue weighted by Gasteiger charge is 2.84. The predicted octanol–water partition coefficient (Wildman–Crippen LogP) is 5.49. The average Bonchev–Trinajstić information content (AvgIpc) is 3.35. The Labute approximate surface area is 192 Å². The van der Waals surface area contributed by atoms with Crippen LogP contribution in [0.25, 0.3) is 0 Å². The first-order chi connectivity index (χ1) is 15.3. The normalized spacial score (nSPS) is 45.3. The standard InChI is InChI=1S/C27H39NO4/c1-17(2)23-11-20-12-26(16-29)22-10-9-18(3)21(22)13-25(20,27(23,26)24(30)31)15-28-32-14-19-7-5-4-6-8-19/h11,15-22H,4-10,12-14H2,1-3H3,(H,30,31)/b28-15+/t18-,20+,21-,22-,25+,26+,27-/m1/s1. The van der Waals surface area contributed by atoms with Crippen molar-refractivity contribution in [3.63, 3.8) is 0 Å². The number of carboxylic acid groups (broad SMARTS) is 1. The van der Waals surface area contributed by atoms with Crippen molar-refractivity contribution < 1.29 is 19.5 Å². The van der Waals surface area contributed by atoms with Crippen molar-refractivity contribution in [2.24, 2.45) is 56.9 Å². The summed E-state index contributed by atoms with van der Waals surface area (Å²) in [5, 5.41) is 15.4. The van der Waals surface area contributed by atoms with Crippen molar-refractivity contribution >= 4 is 18.5 Å². The number of oxime groups is 1. The number of aliphatic carboxylic acids is 1. The minimum Gasteiger partial charge on any atom is -0.481 e. The summed E-state index contributed by atoms with van der Waals surface area (Å²) >= 11 is 0. The molecule has 0 amide bonds. The molecule has 0 spiro atoms. The molecular weight excluding hydrogens is 402 g/mol. The Hall–Kier alpha value is -1.65. The van der Waals surface area contributed by atoms with E-state index in [1.165, 1.54) is 32.1 Å². The van der Waals surface area contributed by atoms with Crippen LogP contribution >= 0.6 is 0 Å². The molecule has 4 bridgehead atoms. The van der Waals surface area contributed by atoms with Crippen molar-refractivity contribution in [2.45, 2.75) is 78.6 Å². The summed E-state index contributed by atoms with van der Waals surface area (Å²) in [5.41, 5.74) is -1.74. The smallest absolute Gasteiger partial charge is 0.315 e. The van der Waals surface area contributed by atoms with Gasteiger partial charge in [-0.3, -0.25) is 4.79 Å². The molecule has 0 aromatic heterocycles. The molecule has 0 radical (unpaired) electrons. The van der Waals surface area contributed by atoms with Gasteiger partial charge in [0.05, 0.1) is 11.6 Å². The number of carbonyl (C=O) groups is 2. The number of fused-ring (bicyclic) bond motifs is 2. The Morgan fingerprint density at radius 1 is 1.19 bits per heavy atom. The van der Waals surface area contributed by atoms with Crippen LogP contribution in [0.5, 0.6) is 0 Å². The maximum atomic E-state index is 13.3. The number of allylic oxidation sites excluding steroid dienone is 1. The fourth-order valence-electron chi connectivity index (χ4n) is 9.12. The van der Waals surface area contributed by atoms with Gasteiger partial charge in [-0.15, -0.1) is 0 Å². The van der Waals surface area contributed by atoms with Crippen LogP contribution in [0.15, 0.2) is 16.8 Å². The van der Waals surface area contributed by atoms with Crippen LogP contribution in [0, 0.1) is 51.8 Å². The van der Waals surface area contributed by atoms with E-state index in [0.29, 0.717) is 30.8 Å². The molecule has 4 saturated carbocycles. The minimum absolute atomic E-state index is 0.0426. The summed E-state index contributed by atoms with van der Waals surface area (Å²) in [6.45, 7) is 7.04. The van der Waals surface area contributed by atoms with E-state index in [2.05, 4.69) is 32.0 Å². The van der Waals surface area contributed by atoms with E-state index in [1.807, 2.05) is 6.21 Å². The molecule has 5 heteroatoms. The van der Waals surface area contributed by atoms with Crippen LogP contribution in [-0.4, -0.2) is 30.2 Å². The molecule has 1 N–H and O–H groups in total. The summed E-state index contributed by atoms with van der Waals surface area (Å²) in [5.74, 6) is 0.896. The van der Waals surface area contributed by atoms with Crippen molar-refractivity contribution in [3.8, 4) is 0 Å². The Balaban J connectivity index is 1.56. The number of aldehydes is 1. The van der Waals surface area contributed by atoms with E-state index < -0.39 is 22.2 Å². The first kappa shape index (κ1) is 22.2. The van der Waals surface area contributed by atoms with Gasteiger partial charge in [-0.1, -0.05) is 63.3 Å². The maximum absolute atomic E-state index is 13.3. The number of hydrogen-bond donors (Lipinski definition) is 1. The van der Waals surface area contributed by atoms with Crippen LogP contribution in [0.2, 0.25) is 0 Å². The van der Waals surface area contributed by atoms with E-state index in [0.717, 1.165) is 31.1 Å². The molecule has 176 valence electrons. The number of hydrogen-bond acceptors (Lipinski definition) is 4. The molecular formula is C27H39NO4. The van der Waals surface area contributed by atoms with Gasteiger partial charge in [0.25, 0.3) is 0 Å². The fourth-order valence-corrected chi connectivity index (χ4v) is 9.12. The van der Waals surface area contributed by atoms with Crippen LogP contribution in [-0.2, 0) is 14.4 Å². The van der Waals surface area contributed by atoms with Crippen molar-refractivity contribution in [3.05, 3.63) is 11.6 Å². The third-order valence-electron chi connectivity index (χ3n) is 10.4. The molecule has 5 aliphatic carbocycles. The van der Waals surface area contributed by atoms with Gasteiger partial charge in [0.2, 0.25) is 0 Å². The zero-order valence-corrected chi connectivity index (χ0v) is 19.9. The number of carbonyl (C=O) groups excluding carboxylic acids is 1. The molecule has 5 nitrogen and oxygen atoms in total. The number of nitrogens with zero attached hydrogens (tertiary/aromatic N) is 1. The Kier molecular flexibility index (Phi) is 5.33. The molecule has 0 aliphatic heterocycles. The largest absolute Gasteiger partial charge is 0.481 e. The molecule has 0 heterocycles.